The van der Waals surface area contributed by atoms with Crippen LogP contribution in [0.5, 0.6) is 0 Å². The molecule has 0 aromatic carbocycles. The van der Waals surface area contributed by atoms with E-state index in [0.717, 1.165) is 0 Å². The van der Waals surface area contributed by atoms with Crippen molar-refractivity contribution in [2.75, 3.05) is 25.7 Å². The summed E-state index contributed by atoms with van der Waals surface area (Å²) in [5.74, 6) is 0. The zero-order chi connectivity index (χ0) is 14.4. The molecule has 0 unspecified atom stereocenters. The topological polar surface area (TPSA) is 0 Å². The van der Waals surface area contributed by atoms with Crippen LogP contribution >= 0.6 is 7.26 Å². The van der Waals surface area contributed by atoms with Gasteiger partial charge in [-0.3, -0.25) is 0 Å². The van der Waals surface area contributed by atoms with Crippen LogP contribution in [0.1, 0.15) is 90.9 Å². The van der Waals surface area contributed by atoms with Crippen molar-refractivity contribution in [2.24, 2.45) is 0 Å². The van der Waals surface area contributed by atoms with E-state index in [1.165, 1.54) is 77.0 Å². The van der Waals surface area contributed by atoms with Gasteiger partial charge in [0.15, 0.2) is 0 Å². The number of rotatable bonds is 14. The fraction of sp³-hybridized carbons (Fsp3) is 1.00. The molecule has 0 fully saturated rings. The molecule has 0 amide bonds. The summed E-state index contributed by atoms with van der Waals surface area (Å²) < 4.78 is 0. The Bertz CT molecular complexity index is 175. The van der Waals surface area contributed by atoms with Crippen LogP contribution < -0.4 is 0 Å². The van der Waals surface area contributed by atoms with E-state index >= 15 is 0 Å². The van der Waals surface area contributed by atoms with Crippen LogP contribution in [0, 0.1) is 0 Å². The maximum atomic E-state index is 2.59. The Morgan fingerprint density at radius 1 is 0.474 bits per heavy atom. The van der Waals surface area contributed by atoms with Gasteiger partial charge in [-0.05, 0) is 0 Å². The van der Waals surface area contributed by atoms with E-state index in [4.69, 9.17) is 0 Å². The molecule has 0 heterocycles. The van der Waals surface area contributed by atoms with Crippen LogP contribution in [-0.4, -0.2) is 25.7 Å². The second-order valence-corrected chi connectivity index (χ2v) is 12.5. The van der Waals surface area contributed by atoms with Crippen molar-refractivity contribution >= 4 is 7.26 Å². The van der Waals surface area contributed by atoms with Crippen LogP contribution in [0.4, 0.5) is 0 Å². The summed E-state index contributed by atoms with van der Waals surface area (Å²) in [6.45, 7) is 9.81. The summed E-state index contributed by atoms with van der Waals surface area (Å²) in [7, 11) is -0.815. The number of hydrogen-bond acceptors (Lipinski definition) is 0. The van der Waals surface area contributed by atoms with E-state index in [1.54, 1.807) is 12.3 Å². The fourth-order valence-electron chi connectivity index (χ4n) is 2.87. The summed E-state index contributed by atoms with van der Waals surface area (Å²) in [5, 5.41) is 0. The van der Waals surface area contributed by atoms with E-state index in [0.29, 0.717) is 0 Å². The fourth-order valence-corrected chi connectivity index (χ4v) is 5.64. The zero-order valence-electron chi connectivity index (χ0n) is 14.4. The Balaban J connectivity index is 3.21. The molecule has 0 aromatic heterocycles. The van der Waals surface area contributed by atoms with E-state index in [2.05, 4.69) is 27.2 Å². The molecule has 118 valence electrons. The Kier molecular flexibility index (Phi) is 13.7. The molecule has 0 saturated carbocycles. The molecular weight excluding hydrogens is 247 g/mol. The average molecular weight is 289 g/mol. The summed E-state index contributed by atoms with van der Waals surface area (Å²) >= 11 is 0. The molecule has 0 aliphatic carbocycles. The predicted molar refractivity (Wildman–Crippen MR) is 96.6 cm³/mol. The van der Waals surface area contributed by atoms with Crippen LogP contribution in [0.15, 0.2) is 0 Å². The molecule has 1 heteroatoms. The zero-order valence-corrected chi connectivity index (χ0v) is 15.4. The minimum absolute atomic E-state index is 0.815. The molecule has 0 bridgehead atoms. The Morgan fingerprint density at radius 3 is 1.32 bits per heavy atom. The van der Waals surface area contributed by atoms with Gasteiger partial charge in [-0.1, -0.05) is 0 Å². The molecule has 0 spiro atoms. The third kappa shape index (κ3) is 14.6. The molecule has 0 aliphatic rings. The summed E-state index contributed by atoms with van der Waals surface area (Å²) in [4.78, 5) is 0. The molecular formula is C18H41P. The van der Waals surface area contributed by atoms with Crippen LogP contribution in [-0.2, 0) is 0 Å². The van der Waals surface area contributed by atoms with Crippen molar-refractivity contribution in [3.05, 3.63) is 0 Å². The van der Waals surface area contributed by atoms with E-state index in [1.807, 2.05) is 0 Å². The Labute approximate surface area is 124 Å². The monoisotopic (exact) mass is 288 g/mol. The first kappa shape index (κ1) is 19.4. The first-order chi connectivity index (χ1) is 9.12. The van der Waals surface area contributed by atoms with Gasteiger partial charge < -0.3 is 0 Å². The SMILES string of the molecule is CCCCCCCCCCCC[PH](C)(C)CCCC. The molecule has 19 heavy (non-hydrogen) atoms. The van der Waals surface area contributed by atoms with Gasteiger partial charge in [0.2, 0.25) is 0 Å². The molecule has 0 aromatic rings. The van der Waals surface area contributed by atoms with Crippen molar-refractivity contribution < 1.29 is 0 Å². The normalized spacial score (nSPS) is 12.8. The predicted octanol–water partition coefficient (Wildman–Crippen LogP) is 6.72. The standard InChI is InChI=1S/C18H41P/c1-5-7-9-10-11-12-13-14-15-16-18-19(3,4)17-8-6-2/h19H,5-18H2,1-4H3. The van der Waals surface area contributed by atoms with Gasteiger partial charge in [-0.25, -0.2) is 0 Å². The van der Waals surface area contributed by atoms with E-state index < -0.39 is 7.26 Å². The van der Waals surface area contributed by atoms with Crippen LogP contribution in [0.3, 0.4) is 0 Å². The minimum atomic E-state index is -0.815. The third-order valence-electron chi connectivity index (χ3n) is 4.41. The maximum absolute atomic E-state index is 2.59. The van der Waals surface area contributed by atoms with Crippen molar-refractivity contribution in [2.45, 2.75) is 90.9 Å². The van der Waals surface area contributed by atoms with Gasteiger partial charge in [-0.2, -0.15) is 0 Å². The Morgan fingerprint density at radius 2 is 0.842 bits per heavy atom. The molecule has 0 saturated heterocycles. The molecule has 0 N–H and O–H groups in total. The third-order valence-corrected chi connectivity index (χ3v) is 7.83. The van der Waals surface area contributed by atoms with E-state index in [9.17, 15) is 0 Å². The van der Waals surface area contributed by atoms with Gasteiger partial charge in [0, 0.05) is 0 Å². The molecule has 0 rings (SSSR count). The average Bonchev–Trinajstić information content (AvgIpc) is 2.38. The van der Waals surface area contributed by atoms with Gasteiger partial charge in [0.25, 0.3) is 0 Å². The summed E-state index contributed by atoms with van der Waals surface area (Å²) in [5.41, 5.74) is 0. The van der Waals surface area contributed by atoms with Gasteiger partial charge >= 0.3 is 124 Å². The Hall–Kier alpha value is 0.430. The molecule has 0 nitrogen and oxygen atoms in total. The van der Waals surface area contributed by atoms with Crippen molar-refractivity contribution in [3.8, 4) is 0 Å². The van der Waals surface area contributed by atoms with Gasteiger partial charge in [-0.15, -0.1) is 0 Å². The second kappa shape index (κ2) is 13.4. The van der Waals surface area contributed by atoms with Gasteiger partial charge in [0.05, 0.1) is 0 Å². The molecule has 0 atom stereocenters. The summed E-state index contributed by atoms with van der Waals surface area (Å²) in [6.07, 6.45) is 20.7. The molecule has 0 radical (unpaired) electrons. The second-order valence-electron chi connectivity index (χ2n) is 7.20. The van der Waals surface area contributed by atoms with Crippen molar-refractivity contribution in [1.82, 2.24) is 0 Å². The van der Waals surface area contributed by atoms with Crippen LogP contribution in [0.25, 0.3) is 0 Å². The van der Waals surface area contributed by atoms with Crippen molar-refractivity contribution in [3.63, 3.8) is 0 Å². The summed E-state index contributed by atoms with van der Waals surface area (Å²) in [6, 6.07) is 0. The van der Waals surface area contributed by atoms with Gasteiger partial charge in [0.1, 0.15) is 0 Å². The van der Waals surface area contributed by atoms with E-state index in [-0.39, 0.29) is 0 Å². The number of hydrogen-bond donors (Lipinski definition) is 0. The quantitative estimate of drug-likeness (QED) is 0.246. The first-order valence-corrected chi connectivity index (χ1v) is 12.5. The number of unbranched alkanes of at least 4 members (excludes halogenated alkanes) is 10. The van der Waals surface area contributed by atoms with Crippen molar-refractivity contribution in [1.29, 1.82) is 0 Å². The molecule has 0 aliphatic heterocycles. The first-order valence-electron chi connectivity index (χ1n) is 9.12. The van der Waals surface area contributed by atoms with Crippen LogP contribution in [0.2, 0.25) is 0 Å².